The standard InChI is InChI=1S/C15H25N/c1-11-7-8-12(2)14(9-11)13(3)10-16-15(4,5)6/h7-9,13,16H,10H2,1-6H3. The van der Waals surface area contributed by atoms with Crippen LogP contribution in [0.4, 0.5) is 0 Å². The number of nitrogens with one attached hydrogen (secondary N) is 1. The molecule has 1 nitrogen and oxygen atoms in total. The molecule has 1 atom stereocenters. The lowest BCUT2D eigenvalue weighted by molar-refractivity contribution is 0.412. The summed E-state index contributed by atoms with van der Waals surface area (Å²) in [5.74, 6) is 0.569. The van der Waals surface area contributed by atoms with Crippen molar-refractivity contribution in [3.63, 3.8) is 0 Å². The lowest BCUT2D eigenvalue weighted by Crippen LogP contribution is -2.38. The third-order valence-electron chi connectivity index (χ3n) is 2.90. The van der Waals surface area contributed by atoms with Crippen molar-refractivity contribution in [3.05, 3.63) is 34.9 Å². The topological polar surface area (TPSA) is 12.0 Å². The molecule has 0 saturated carbocycles. The van der Waals surface area contributed by atoms with Crippen LogP contribution < -0.4 is 5.32 Å². The molecule has 1 heteroatoms. The first kappa shape index (κ1) is 13.2. The molecular weight excluding hydrogens is 194 g/mol. The first-order valence-corrected chi connectivity index (χ1v) is 6.12. The van der Waals surface area contributed by atoms with Gasteiger partial charge in [-0.1, -0.05) is 30.7 Å². The van der Waals surface area contributed by atoms with Gasteiger partial charge in [-0.2, -0.15) is 0 Å². The molecule has 0 amide bonds. The van der Waals surface area contributed by atoms with E-state index in [1.54, 1.807) is 0 Å². The SMILES string of the molecule is Cc1ccc(C)c(C(C)CNC(C)(C)C)c1. The van der Waals surface area contributed by atoms with E-state index in [0.29, 0.717) is 5.92 Å². The Hall–Kier alpha value is -0.820. The van der Waals surface area contributed by atoms with Gasteiger partial charge >= 0.3 is 0 Å². The molecule has 0 saturated heterocycles. The van der Waals surface area contributed by atoms with Gasteiger partial charge in [0, 0.05) is 12.1 Å². The zero-order valence-corrected chi connectivity index (χ0v) is 11.5. The Bertz CT molecular complexity index is 347. The van der Waals surface area contributed by atoms with Crippen LogP contribution in [0.5, 0.6) is 0 Å². The molecule has 0 fully saturated rings. The number of aryl methyl sites for hydroxylation is 2. The van der Waals surface area contributed by atoms with Crippen LogP contribution >= 0.6 is 0 Å². The predicted octanol–water partition coefficient (Wildman–Crippen LogP) is 3.80. The second-order valence-electron chi connectivity index (χ2n) is 5.89. The minimum atomic E-state index is 0.200. The van der Waals surface area contributed by atoms with E-state index in [2.05, 4.69) is 65.1 Å². The fraction of sp³-hybridized carbons (Fsp3) is 0.600. The Morgan fingerprint density at radius 3 is 2.38 bits per heavy atom. The summed E-state index contributed by atoms with van der Waals surface area (Å²) in [6.45, 7) is 14.3. The van der Waals surface area contributed by atoms with Crippen molar-refractivity contribution < 1.29 is 0 Å². The van der Waals surface area contributed by atoms with Crippen LogP contribution in [0.25, 0.3) is 0 Å². The van der Waals surface area contributed by atoms with E-state index in [4.69, 9.17) is 0 Å². The van der Waals surface area contributed by atoms with E-state index in [9.17, 15) is 0 Å². The number of rotatable bonds is 3. The van der Waals surface area contributed by atoms with Gasteiger partial charge in [-0.15, -0.1) is 0 Å². The summed E-state index contributed by atoms with van der Waals surface area (Å²) in [4.78, 5) is 0. The van der Waals surface area contributed by atoms with E-state index >= 15 is 0 Å². The summed E-state index contributed by atoms with van der Waals surface area (Å²) in [6.07, 6.45) is 0. The molecular formula is C15H25N. The molecule has 1 rings (SSSR count). The van der Waals surface area contributed by atoms with Crippen LogP contribution in [0.1, 0.15) is 50.3 Å². The summed E-state index contributed by atoms with van der Waals surface area (Å²) in [5.41, 5.74) is 4.42. The lowest BCUT2D eigenvalue weighted by Gasteiger charge is -2.24. The minimum absolute atomic E-state index is 0.200. The maximum atomic E-state index is 3.57. The molecule has 1 aromatic carbocycles. The van der Waals surface area contributed by atoms with Gasteiger partial charge in [0.25, 0.3) is 0 Å². The van der Waals surface area contributed by atoms with Crippen LogP contribution in [0.3, 0.4) is 0 Å². The van der Waals surface area contributed by atoms with E-state index in [1.807, 2.05) is 0 Å². The molecule has 0 heterocycles. The highest BCUT2D eigenvalue weighted by Gasteiger charge is 2.13. The van der Waals surface area contributed by atoms with Crippen LogP contribution in [-0.2, 0) is 0 Å². The van der Waals surface area contributed by atoms with Crippen molar-refractivity contribution in [2.75, 3.05) is 6.54 Å². The van der Waals surface area contributed by atoms with Crippen LogP contribution in [0.15, 0.2) is 18.2 Å². The third kappa shape index (κ3) is 3.97. The lowest BCUT2D eigenvalue weighted by atomic mass is 9.94. The summed E-state index contributed by atoms with van der Waals surface area (Å²) in [7, 11) is 0. The number of benzene rings is 1. The van der Waals surface area contributed by atoms with Gasteiger partial charge < -0.3 is 5.32 Å². The van der Waals surface area contributed by atoms with Crippen LogP contribution in [0, 0.1) is 13.8 Å². The van der Waals surface area contributed by atoms with Gasteiger partial charge in [-0.3, -0.25) is 0 Å². The number of hydrogen-bond donors (Lipinski definition) is 1. The molecule has 1 unspecified atom stereocenters. The van der Waals surface area contributed by atoms with Gasteiger partial charge in [0.15, 0.2) is 0 Å². The van der Waals surface area contributed by atoms with Crippen molar-refractivity contribution in [3.8, 4) is 0 Å². The molecule has 90 valence electrons. The molecule has 0 aliphatic carbocycles. The second kappa shape index (κ2) is 5.01. The second-order valence-corrected chi connectivity index (χ2v) is 5.89. The number of hydrogen-bond acceptors (Lipinski definition) is 1. The predicted molar refractivity (Wildman–Crippen MR) is 72.1 cm³/mol. The highest BCUT2D eigenvalue weighted by atomic mass is 14.9. The van der Waals surface area contributed by atoms with Gasteiger partial charge in [-0.25, -0.2) is 0 Å². The summed E-state index contributed by atoms with van der Waals surface area (Å²) in [6, 6.07) is 6.71. The molecule has 1 aromatic rings. The summed E-state index contributed by atoms with van der Waals surface area (Å²) in [5, 5.41) is 3.57. The normalized spacial score (nSPS) is 13.9. The first-order valence-electron chi connectivity index (χ1n) is 6.12. The zero-order valence-electron chi connectivity index (χ0n) is 11.5. The first-order chi connectivity index (χ1) is 7.29. The van der Waals surface area contributed by atoms with Crippen LogP contribution in [0.2, 0.25) is 0 Å². The van der Waals surface area contributed by atoms with Crippen LogP contribution in [-0.4, -0.2) is 12.1 Å². The van der Waals surface area contributed by atoms with Crippen molar-refractivity contribution >= 4 is 0 Å². The molecule has 0 aliphatic heterocycles. The summed E-state index contributed by atoms with van der Waals surface area (Å²) < 4.78 is 0. The Morgan fingerprint density at radius 1 is 1.19 bits per heavy atom. The fourth-order valence-corrected chi connectivity index (χ4v) is 1.86. The Kier molecular flexibility index (Phi) is 4.15. The average molecular weight is 219 g/mol. The van der Waals surface area contributed by atoms with E-state index < -0.39 is 0 Å². The molecule has 1 N–H and O–H groups in total. The molecule has 16 heavy (non-hydrogen) atoms. The van der Waals surface area contributed by atoms with E-state index in [0.717, 1.165) is 6.54 Å². The van der Waals surface area contributed by atoms with Crippen molar-refractivity contribution in [1.82, 2.24) is 5.32 Å². The largest absolute Gasteiger partial charge is 0.311 e. The Labute approximate surface area is 100 Å². The average Bonchev–Trinajstić information content (AvgIpc) is 2.17. The maximum Gasteiger partial charge on any atom is 0.00967 e. The minimum Gasteiger partial charge on any atom is -0.311 e. The third-order valence-corrected chi connectivity index (χ3v) is 2.90. The highest BCUT2D eigenvalue weighted by Crippen LogP contribution is 2.20. The Morgan fingerprint density at radius 2 is 1.81 bits per heavy atom. The van der Waals surface area contributed by atoms with Crippen molar-refractivity contribution in [2.45, 2.75) is 53.0 Å². The van der Waals surface area contributed by atoms with E-state index in [1.165, 1.54) is 16.7 Å². The molecule has 0 aliphatic rings. The highest BCUT2D eigenvalue weighted by molar-refractivity contribution is 5.33. The van der Waals surface area contributed by atoms with Crippen molar-refractivity contribution in [1.29, 1.82) is 0 Å². The van der Waals surface area contributed by atoms with Gasteiger partial charge in [0.1, 0.15) is 0 Å². The monoisotopic (exact) mass is 219 g/mol. The molecule has 0 aromatic heterocycles. The molecule has 0 bridgehead atoms. The smallest absolute Gasteiger partial charge is 0.00967 e. The quantitative estimate of drug-likeness (QED) is 0.815. The fourth-order valence-electron chi connectivity index (χ4n) is 1.86. The van der Waals surface area contributed by atoms with Gasteiger partial charge in [0.2, 0.25) is 0 Å². The summed E-state index contributed by atoms with van der Waals surface area (Å²) >= 11 is 0. The van der Waals surface area contributed by atoms with Crippen molar-refractivity contribution in [2.24, 2.45) is 0 Å². The Balaban J connectivity index is 2.73. The zero-order chi connectivity index (χ0) is 12.3. The maximum absolute atomic E-state index is 3.57. The molecule has 0 spiro atoms. The van der Waals surface area contributed by atoms with Gasteiger partial charge in [0.05, 0.1) is 0 Å². The van der Waals surface area contributed by atoms with E-state index in [-0.39, 0.29) is 5.54 Å². The van der Waals surface area contributed by atoms with Gasteiger partial charge in [-0.05, 0) is 51.7 Å². The molecule has 0 radical (unpaired) electrons.